The van der Waals surface area contributed by atoms with Gasteiger partial charge in [-0.05, 0) is 13.0 Å². The topological polar surface area (TPSA) is 26.3 Å². The highest BCUT2D eigenvalue weighted by atomic mass is 16.5. The molecule has 2 nitrogen and oxygen atoms in total. The number of ether oxygens (including phenoxy) is 1. The van der Waals surface area contributed by atoms with Crippen LogP contribution in [0.15, 0.2) is 24.3 Å². The van der Waals surface area contributed by atoms with E-state index < -0.39 is 0 Å². The highest BCUT2D eigenvalue weighted by Gasteiger charge is 2.04. The van der Waals surface area contributed by atoms with E-state index in [2.05, 4.69) is 0 Å². The van der Waals surface area contributed by atoms with Gasteiger partial charge >= 0.3 is 0 Å². The smallest absolute Gasteiger partial charge is 0.153 e. The van der Waals surface area contributed by atoms with Crippen LogP contribution in [0.25, 0.3) is 6.08 Å². The number of carbonyl (C=O) groups is 1. The first-order valence-corrected chi connectivity index (χ1v) is 4.08. The van der Waals surface area contributed by atoms with Crippen molar-refractivity contribution < 1.29 is 9.53 Å². The Hall–Kier alpha value is -1.57. The number of hydrogen-bond donors (Lipinski definition) is 0. The standard InChI is InChI=1S/C11H12O2/c1-3-5-9-6-4-7-10(8-12)11(9)13-2/h3-8H,1-2H3. The fourth-order valence-electron chi connectivity index (χ4n) is 1.21. The molecule has 0 fully saturated rings. The van der Waals surface area contributed by atoms with Crippen molar-refractivity contribution in [1.82, 2.24) is 0 Å². The largest absolute Gasteiger partial charge is 0.495 e. The lowest BCUT2D eigenvalue weighted by Crippen LogP contribution is -1.92. The molecule has 0 radical (unpaired) electrons. The number of allylic oxidation sites excluding steroid dienone is 1. The summed E-state index contributed by atoms with van der Waals surface area (Å²) in [6, 6.07) is 5.48. The van der Waals surface area contributed by atoms with Gasteiger partial charge in [0.1, 0.15) is 5.75 Å². The van der Waals surface area contributed by atoms with Crippen molar-refractivity contribution in [1.29, 1.82) is 0 Å². The lowest BCUT2D eigenvalue weighted by Gasteiger charge is -2.06. The molecule has 0 aliphatic heterocycles. The second-order valence-corrected chi connectivity index (χ2v) is 2.59. The van der Waals surface area contributed by atoms with Crippen LogP contribution in [-0.2, 0) is 0 Å². The maximum absolute atomic E-state index is 10.6. The normalized spacial score (nSPS) is 10.3. The zero-order valence-electron chi connectivity index (χ0n) is 7.78. The fourth-order valence-corrected chi connectivity index (χ4v) is 1.21. The van der Waals surface area contributed by atoms with E-state index in [4.69, 9.17) is 4.74 Å². The van der Waals surface area contributed by atoms with Crippen LogP contribution in [-0.4, -0.2) is 13.4 Å². The van der Waals surface area contributed by atoms with Gasteiger partial charge in [0.15, 0.2) is 6.29 Å². The molecular formula is C11H12O2. The lowest BCUT2D eigenvalue weighted by molar-refractivity contribution is 0.112. The number of carbonyl (C=O) groups excluding carboxylic acids is 1. The van der Waals surface area contributed by atoms with Crippen LogP contribution in [0.2, 0.25) is 0 Å². The van der Waals surface area contributed by atoms with Crippen molar-refractivity contribution >= 4 is 12.4 Å². The summed E-state index contributed by atoms with van der Waals surface area (Å²) in [6.45, 7) is 1.92. The molecule has 0 saturated carbocycles. The number of rotatable bonds is 3. The van der Waals surface area contributed by atoms with Crippen molar-refractivity contribution in [3.05, 3.63) is 35.4 Å². The summed E-state index contributed by atoms with van der Waals surface area (Å²) in [7, 11) is 1.56. The minimum absolute atomic E-state index is 0.582. The van der Waals surface area contributed by atoms with E-state index in [1.165, 1.54) is 0 Å². The van der Waals surface area contributed by atoms with Crippen molar-refractivity contribution in [3.63, 3.8) is 0 Å². The Labute approximate surface area is 77.8 Å². The van der Waals surface area contributed by atoms with E-state index in [1.807, 2.05) is 31.2 Å². The quantitative estimate of drug-likeness (QED) is 0.661. The van der Waals surface area contributed by atoms with Crippen LogP contribution in [0.3, 0.4) is 0 Å². The Morgan fingerprint density at radius 1 is 1.31 bits per heavy atom. The summed E-state index contributed by atoms with van der Waals surface area (Å²) in [5.41, 5.74) is 1.51. The molecule has 0 aliphatic rings. The molecular weight excluding hydrogens is 164 g/mol. The first-order chi connectivity index (χ1) is 6.33. The molecule has 0 bridgehead atoms. The predicted molar refractivity (Wildman–Crippen MR) is 53.1 cm³/mol. The van der Waals surface area contributed by atoms with Gasteiger partial charge in [0, 0.05) is 5.56 Å². The fraction of sp³-hybridized carbons (Fsp3) is 0.182. The van der Waals surface area contributed by atoms with Crippen LogP contribution in [0.1, 0.15) is 22.8 Å². The summed E-state index contributed by atoms with van der Waals surface area (Å²) < 4.78 is 5.14. The van der Waals surface area contributed by atoms with Crippen molar-refractivity contribution in [2.75, 3.05) is 7.11 Å². The molecule has 0 aliphatic carbocycles. The third-order valence-corrected chi connectivity index (χ3v) is 1.75. The van der Waals surface area contributed by atoms with Gasteiger partial charge in [0.2, 0.25) is 0 Å². The molecule has 0 saturated heterocycles. The van der Waals surface area contributed by atoms with Crippen LogP contribution in [0, 0.1) is 0 Å². The molecule has 0 unspecified atom stereocenters. The molecule has 0 N–H and O–H groups in total. The second kappa shape index (κ2) is 4.45. The van der Waals surface area contributed by atoms with Gasteiger partial charge in [-0.2, -0.15) is 0 Å². The third kappa shape index (κ3) is 1.96. The zero-order chi connectivity index (χ0) is 9.68. The molecule has 0 spiro atoms. The third-order valence-electron chi connectivity index (χ3n) is 1.75. The maximum atomic E-state index is 10.6. The zero-order valence-corrected chi connectivity index (χ0v) is 7.78. The van der Waals surface area contributed by atoms with Crippen LogP contribution < -0.4 is 4.74 Å². The van der Waals surface area contributed by atoms with Crippen LogP contribution >= 0.6 is 0 Å². The number of benzene rings is 1. The van der Waals surface area contributed by atoms with E-state index in [1.54, 1.807) is 13.2 Å². The van der Waals surface area contributed by atoms with Gasteiger partial charge in [0.05, 0.1) is 12.7 Å². The maximum Gasteiger partial charge on any atom is 0.153 e. The van der Waals surface area contributed by atoms with Crippen LogP contribution in [0.5, 0.6) is 5.75 Å². The number of para-hydroxylation sites is 1. The first kappa shape index (κ1) is 9.52. The average Bonchev–Trinajstić information content (AvgIpc) is 2.18. The molecule has 0 heterocycles. The van der Waals surface area contributed by atoms with Gasteiger partial charge in [-0.1, -0.05) is 24.3 Å². The number of methoxy groups -OCH3 is 1. The van der Waals surface area contributed by atoms with E-state index in [-0.39, 0.29) is 0 Å². The van der Waals surface area contributed by atoms with E-state index in [0.29, 0.717) is 11.3 Å². The average molecular weight is 176 g/mol. The summed E-state index contributed by atoms with van der Waals surface area (Å²) in [6.07, 6.45) is 4.62. The van der Waals surface area contributed by atoms with Gasteiger partial charge in [-0.3, -0.25) is 4.79 Å². The summed E-state index contributed by atoms with van der Waals surface area (Å²) in [5, 5.41) is 0. The van der Waals surface area contributed by atoms with Crippen LogP contribution in [0.4, 0.5) is 0 Å². The molecule has 0 amide bonds. The van der Waals surface area contributed by atoms with E-state index >= 15 is 0 Å². The molecule has 1 rings (SSSR count). The van der Waals surface area contributed by atoms with Gasteiger partial charge in [0.25, 0.3) is 0 Å². The molecule has 2 heteroatoms. The SMILES string of the molecule is CC=Cc1cccc(C=O)c1OC. The lowest BCUT2D eigenvalue weighted by atomic mass is 10.1. The van der Waals surface area contributed by atoms with Crippen molar-refractivity contribution in [2.45, 2.75) is 6.92 Å². The number of aldehydes is 1. The van der Waals surface area contributed by atoms with E-state index in [0.717, 1.165) is 11.8 Å². The van der Waals surface area contributed by atoms with Gasteiger partial charge in [-0.25, -0.2) is 0 Å². The molecule has 1 aromatic carbocycles. The Balaban J connectivity index is 3.26. The summed E-state index contributed by atoms with van der Waals surface area (Å²) >= 11 is 0. The van der Waals surface area contributed by atoms with Gasteiger partial charge in [-0.15, -0.1) is 0 Å². The molecule has 1 aromatic rings. The molecule has 0 atom stereocenters. The highest BCUT2D eigenvalue weighted by molar-refractivity contribution is 5.82. The monoisotopic (exact) mass is 176 g/mol. The Bertz CT molecular complexity index is 327. The van der Waals surface area contributed by atoms with E-state index in [9.17, 15) is 4.79 Å². The summed E-state index contributed by atoms with van der Waals surface area (Å²) in [4.78, 5) is 10.6. The van der Waals surface area contributed by atoms with Crippen molar-refractivity contribution in [3.8, 4) is 5.75 Å². The Kier molecular flexibility index (Phi) is 3.26. The van der Waals surface area contributed by atoms with Crippen molar-refractivity contribution in [2.24, 2.45) is 0 Å². The Morgan fingerprint density at radius 2 is 2.00 bits per heavy atom. The molecule has 13 heavy (non-hydrogen) atoms. The summed E-state index contributed by atoms with van der Waals surface area (Å²) in [5.74, 6) is 0.635. The minimum atomic E-state index is 0.582. The first-order valence-electron chi connectivity index (χ1n) is 4.08. The second-order valence-electron chi connectivity index (χ2n) is 2.59. The Morgan fingerprint density at radius 3 is 2.54 bits per heavy atom. The molecule has 68 valence electrons. The highest BCUT2D eigenvalue weighted by Crippen LogP contribution is 2.23. The molecule has 0 aromatic heterocycles. The van der Waals surface area contributed by atoms with Gasteiger partial charge < -0.3 is 4.74 Å². The minimum Gasteiger partial charge on any atom is -0.495 e. The number of hydrogen-bond acceptors (Lipinski definition) is 2. The predicted octanol–water partition coefficient (Wildman–Crippen LogP) is 2.54.